The third-order valence-electron chi connectivity index (χ3n) is 12.9. The van der Waals surface area contributed by atoms with Gasteiger partial charge < -0.3 is 0 Å². The van der Waals surface area contributed by atoms with E-state index in [0.29, 0.717) is 0 Å². The highest BCUT2D eigenvalue weighted by Gasteiger charge is 2.46. The van der Waals surface area contributed by atoms with Crippen LogP contribution in [0.25, 0.3) is 44.7 Å². The third kappa shape index (κ3) is 14.7. The molecule has 0 saturated heterocycles. The van der Waals surface area contributed by atoms with Crippen LogP contribution in [-0.2, 0) is 11.8 Å². The quantitative estimate of drug-likeness (QED) is 0.0953. The Bertz CT molecular complexity index is 3280. The van der Waals surface area contributed by atoms with Gasteiger partial charge in [0.25, 0.3) is 0 Å². The minimum Gasteiger partial charge on any atom is -0.0918 e. The van der Waals surface area contributed by atoms with Gasteiger partial charge in [0.05, 0.1) is 5.41 Å². The molecule has 8 aromatic carbocycles. The molecule has 0 unspecified atom stereocenters. The van der Waals surface area contributed by atoms with E-state index in [9.17, 15) is 0 Å². The molecule has 0 bridgehead atoms. The Morgan fingerprint density at radius 3 is 1.68 bits per heavy atom. The van der Waals surface area contributed by atoms with Gasteiger partial charge in [-0.1, -0.05) is 319 Å². The maximum atomic E-state index is 4.05. The lowest BCUT2D eigenvalue weighted by Crippen LogP contribution is -2.29. The second-order valence-electron chi connectivity index (χ2n) is 18.4. The molecule has 0 spiro atoms. The first-order chi connectivity index (χ1) is 36.8. The third-order valence-corrected chi connectivity index (χ3v) is 12.9. The number of aryl methyl sites for hydroxylation is 2. The normalized spacial score (nSPS) is 12.9. The van der Waals surface area contributed by atoms with Crippen LogP contribution < -0.4 is 0 Å². The predicted molar refractivity (Wildman–Crippen MR) is 332 cm³/mol. The molecule has 9 rings (SSSR count). The summed E-state index contributed by atoms with van der Waals surface area (Å²) in [4.78, 5) is 0. The highest BCUT2D eigenvalue weighted by Crippen LogP contribution is 2.55. The fraction of sp³-hybridized carbons (Fsp3) is 0.147. The molecule has 75 heavy (non-hydrogen) atoms. The predicted octanol–water partition coefficient (Wildman–Crippen LogP) is 21.2. The van der Waals surface area contributed by atoms with Crippen molar-refractivity contribution in [2.45, 2.75) is 73.6 Å². The molecule has 0 aliphatic heterocycles. The van der Waals surface area contributed by atoms with Crippen LogP contribution in [0.2, 0.25) is 0 Å². The van der Waals surface area contributed by atoms with Gasteiger partial charge in [0.1, 0.15) is 0 Å². The van der Waals surface area contributed by atoms with E-state index in [1.54, 1.807) is 0 Å². The number of benzene rings is 8. The van der Waals surface area contributed by atoms with E-state index in [2.05, 4.69) is 272 Å². The lowest BCUT2D eigenvalue weighted by atomic mass is 9.66. The van der Waals surface area contributed by atoms with E-state index >= 15 is 0 Å². The van der Waals surface area contributed by atoms with Crippen LogP contribution in [-0.4, -0.2) is 0 Å². The van der Waals surface area contributed by atoms with Crippen molar-refractivity contribution in [3.63, 3.8) is 0 Å². The Morgan fingerprint density at radius 1 is 0.480 bits per heavy atom. The van der Waals surface area contributed by atoms with E-state index in [4.69, 9.17) is 0 Å². The Labute approximate surface area is 451 Å². The molecule has 376 valence electrons. The topological polar surface area (TPSA) is 0 Å². The highest BCUT2D eigenvalue weighted by molar-refractivity contribution is 5.93. The van der Waals surface area contributed by atoms with Crippen molar-refractivity contribution >= 4 is 22.4 Å². The molecule has 0 fully saturated rings. The minimum absolute atomic E-state index is 0.401. The SMILES string of the molecule is C/C=C/C1=C(/C=C\c2ccc3ccccc3c2)C(c2ccccc2)(c2ccccc2)c2ccccc21.C=C(\C=C/C=C\C=C\C)/C=C\C=C/Cc1ccc(-c2ccc(-c3cccc(C)c3)cc2)cc1C.CC.CCC. The van der Waals surface area contributed by atoms with E-state index in [0.717, 1.165) is 12.0 Å². The monoisotopic (exact) mass is 977 g/mol. The number of hydrogen-bond donors (Lipinski definition) is 0. The molecular weight excluding hydrogens is 901 g/mol. The van der Waals surface area contributed by atoms with Crippen molar-refractivity contribution in [1.82, 2.24) is 0 Å². The van der Waals surface area contributed by atoms with E-state index in [1.807, 2.05) is 69.4 Å². The summed E-state index contributed by atoms with van der Waals surface area (Å²) >= 11 is 0. The molecule has 0 heterocycles. The maximum Gasteiger partial charge on any atom is 0.0713 e. The van der Waals surface area contributed by atoms with Gasteiger partial charge in [-0.25, -0.2) is 0 Å². The Hall–Kier alpha value is -8.32. The lowest BCUT2D eigenvalue weighted by Gasteiger charge is -2.34. The molecule has 0 aromatic heterocycles. The van der Waals surface area contributed by atoms with Gasteiger partial charge in [-0.05, 0) is 129 Å². The van der Waals surface area contributed by atoms with Crippen LogP contribution in [0.3, 0.4) is 0 Å². The first-order valence-corrected chi connectivity index (χ1v) is 26.8. The standard InChI is InChI=1S/C36H28.C34H34.C3H8.C2H6/c1-2-13-32-33-20-11-12-21-34(33)36(30-16-5-3-6-17-30,31-18-7-4-8-19-31)35(32)25-23-27-22-24-28-14-9-10-15-29(28)26-27;1-5-6-7-8-10-14-27(2)15-11-9-12-17-30-19-24-34(26-29(30)4)32-22-20-31(21-23-32)33-18-13-16-28(3)25-33;1-3-2;1-2/h2-26H,1H3;5-16,18-26H,2,17H2,1,3-4H3;3H2,1-2H3;1-2H3/b13-2+,25-23-;6-5+,8-7-,12-9-,14-10-,15-11-;;. The van der Waals surface area contributed by atoms with E-state index in [1.165, 1.54) is 95.1 Å². The Morgan fingerprint density at radius 2 is 1.05 bits per heavy atom. The highest BCUT2D eigenvalue weighted by atomic mass is 14.5. The zero-order chi connectivity index (χ0) is 53.3. The summed E-state index contributed by atoms with van der Waals surface area (Å²) in [7, 11) is 0. The van der Waals surface area contributed by atoms with E-state index < -0.39 is 5.41 Å². The van der Waals surface area contributed by atoms with Gasteiger partial charge in [0, 0.05) is 0 Å². The molecule has 0 heteroatoms. The molecule has 0 radical (unpaired) electrons. The van der Waals surface area contributed by atoms with Crippen molar-refractivity contribution in [3.05, 3.63) is 335 Å². The van der Waals surface area contributed by atoms with E-state index in [-0.39, 0.29) is 0 Å². The van der Waals surface area contributed by atoms with Crippen molar-refractivity contribution in [1.29, 1.82) is 0 Å². The van der Waals surface area contributed by atoms with Gasteiger partial charge in [-0.3, -0.25) is 0 Å². The molecule has 1 aliphatic carbocycles. The number of rotatable bonds is 14. The average molecular weight is 977 g/mol. The zero-order valence-electron chi connectivity index (χ0n) is 45.7. The van der Waals surface area contributed by atoms with Gasteiger partial charge in [-0.15, -0.1) is 0 Å². The smallest absolute Gasteiger partial charge is 0.0713 e. The van der Waals surface area contributed by atoms with Gasteiger partial charge in [-0.2, -0.15) is 0 Å². The fourth-order valence-electron chi connectivity index (χ4n) is 9.47. The first-order valence-electron chi connectivity index (χ1n) is 26.8. The number of allylic oxidation sites excluding steroid dienone is 16. The summed E-state index contributed by atoms with van der Waals surface area (Å²) in [6, 6.07) is 70.3. The van der Waals surface area contributed by atoms with Crippen molar-refractivity contribution in [3.8, 4) is 22.3 Å². The fourth-order valence-corrected chi connectivity index (χ4v) is 9.47. The minimum atomic E-state index is -0.401. The van der Waals surface area contributed by atoms with Crippen LogP contribution in [0, 0.1) is 13.8 Å². The lowest BCUT2D eigenvalue weighted by molar-refractivity contribution is 0.762. The molecule has 0 amide bonds. The molecule has 0 saturated carbocycles. The van der Waals surface area contributed by atoms with Crippen LogP contribution >= 0.6 is 0 Å². The zero-order valence-corrected chi connectivity index (χ0v) is 45.7. The second-order valence-corrected chi connectivity index (χ2v) is 18.4. The summed E-state index contributed by atoms with van der Waals surface area (Å²) < 4.78 is 0. The Kier molecular flexibility index (Phi) is 21.9. The molecule has 1 aliphatic rings. The van der Waals surface area contributed by atoms with Crippen LogP contribution in [0.15, 0.2) is 291 Å². The van der Waals surface area contributed by atoms with Crippen molar-refractivity contribution in [2.75, 3.05) is 0 Å². The first kappa shape index (κ1) is 56.0. The van der Waals surface area contributed by atoms with Gasteiger partial charge >= 0.3 is 0 Å². The molecule has 0 atom stereocenters. The Balaban J connectivity index is 0.000000225. The number of hydrogen-bond acceptors (Lipinski definition) is 0. The molecule has 0 nitrogen and oxygen atoms in total. The van der Waals surface area contributed by atoms with Crippen LogP contribution in [0.5, 0.6) is 0 Å². The van der Waals surface area contributed by atoms with Crippen LogP contribution in [0.4, 0.5) is 0 Å². The summed E-state index contributed by atoms with van der Waals surface area (Å²) in [5.41, 5.74) is 18.5. The van der Waals surface area contributed by atoms with Crippen molar-refractivity contribution in [2.24, 2.45) is 0 Å². The van der Waals surface area contributed by atoms with Gasteiger partial charge in [0.2, 0.25) is 0 Å². The second kappa shape index (κ2) is 29.4. The van der Waals surface area contributed by atoms with Gasteiger partial charge in [0.15, 0.2) is 0 Å². The summed E-state index contributed by atoms with van der Waals surface area (Å²) in [6.07, 6.45) is 31.6. The summed E-state index contributed by atoms with van der Waals surface area (Å²) in [5.74, 6) is 0. The van der Waals surface area contributed by atoms with Crippen molar-refractivity contribution < 1.29 is 0 Å². The summed E-state index contributed by atoms with van der Waals surface area (Å²) in [5, 5.41) is 2.52. The molecule has 0 N–H and O–H groups in total. The largest absolute Gasteiger partial charge is 0.0918 e. The molecular formula is C75H76. The van der Waals surface area contributed by atoms with Crippen LogP contribution in [0.1, 0.15) is 92.5 Å². The number of fused-ring (bicyclic) bond motifs is 2. The summed E-state index contributed by atoms with van der Waals surface area (Å²) in [6.45, 7) is 20.7. The maximum absolute atomic E-state index is 4.05. The molecule has 8 aromatic rings. The average Bonchev–Trinajstić information content (AvgIpc) is 3.75.